The van der Waals surface area contributed by atoms with E-state index in [0.29, 0.717) is 17.3 Å². The van der Waals surface area contributed by atoms with E-state index in [1.165, 1.54) is 19.3 Å². The van der Waals surface area contributed by atoms with Crippen molar-refractivity contribution in [2.75, 3.05) is 13.1 Å². The molecule has 2 fully saturated rings. The second-order valence-corrected chi connectivity index (χ2v) is 8.78. The van der Waals surface area contributed by atoms with Gasteiger partial charge in [0.1, 0.15) is 0 Å². The predicted molar refractivity (Wildman–Crippen MR) is 101 cm³/mol. The van der Waals surface area contributed by atoms with E-state index >= 15 is 0 Å². The highest BCUT2D eigenvalue weighted by molar-refractivity contribution is 5.74. The molecule has 0 aromatic carbocycles. The molecule has 6 heteroatoms. The van der Waals surface area contributed by atoms with Gasteiger partial charge >= 0.3 is 6.03 Å². The summed E-state index contributed by atoms with van der Waals surface area (Å²) in [6, 6.07) is 0.436. The van der Waals surface area contributed by atoms with Gasteiger partial charge in [-0.25, -0.2) is 4.79 Å². The van der Waals surface area contributed by atoms with Gasteiger partial charge in [-0.05, 0) is 56.8 Å². The zero-order valence-corrected chi connectivity index (χ0v) is 16.8. The number of hydrogen-bond donors (Lipinski definition) is 1. The van der Waals surface area contributed by atoms with Crippen LogP contribution in [-0.4, -0.2) is 40.2 Å². The Hall–Kier alpha value is -1.59. The van der Waals surface area contributed by atoms with Crippen LogP contribution >= 0.6 is 0 Å². The molecule has 26 heavy (non-hydrogen) atoms. The van der Waals surface area contributed by atoms with Gasteiger partial charge in [-0.15, -0.1) is 0 Å². The molecule has 1 aromatic rings. The highest BCUT2D eigenvalue weighted by Gasteiger charge is 2.33. The second-order valence-electron chi connectivity index (χ2n) is 8.78. The van der Waals surface area contributed by atoms with Crippen molar-refractivity contribution < 1.29 is 9.32 Å². The number of likely N-dealkylation sites (tertiary alicyclic amines) is 1. The molecular weight excluding hydrogens is 328 g/mol. The largest absolute Gasteiger partial charge is 0.339 e. The maximum Gasteiger partial charge on any atom is 0.317 e. The van der Waals surface area contributed by atoms with E-state index in [0.717, 1.165) is 50.6 Å². The summed E-state index contributed by atoms with van der Waals surface area (Å²) >= 11 is 0. The number of carbonyl (C=O) groups excluding carboxylic acids is 1. The fourth-order valence-corrected chi connectivity index (χ4v) is 4.38. The minimum Gasteiger partial charge on any atom is -0.339 e. The zero-order valence-electron chi connectivity index (χ0n) is 16.8. The third-order valence-corrected chi connectivity index (χ3v) is 6.75. The van der Waals surface area contributed by atoms with Crippen molar-refractivity contribution in [3.63, 3.8) is 0 Å². The van der Waals surface area contributed by atoms with E-state index in [1.54, 1.807) is 0 Å². The summed E-state index contributed by atoms with van der Waals surface area (Å²) in [6.07, 6.45) is 7.69. The van der Waals surface area contributed by atoms with Gasteiger partial charge in [-0.1, -0.05) is 32.3 Å². The Morgan fingerprint density at radius 2 is 1.85 bits per heavy atom. The molecule has 1 aromatic heterocycles. The first kappa shape index (κ1) is 19.2. The van der Waals surface area contributed by atoms with Gasteiger partial charge < -0.3 is 14.7 Å². The fraction of sp³-hybridized carbons (Fsp3) is 0.850. The molecule has 2 aliphatic rings. The summed E-state index contributed by atoms with van der Waals surface area (Å²) in [5.41, 5.74) is 0.421. The van der Waals surface area contributed by atoms with Crippen molar-refractivity contribution in [2.24, 2.45) is 11.3 Å². The molecule has 1 saturated carbocycles. The third kappa shape index (κ3) is 4.38. The van der Waals surface area contributed by atoms with Crippen LogP contribution in [0.15, 0.2) is 4.52 Å². The number of urea groups is 1. The smallest absolute Gasteiger partial charge is 0.317 e. The van der Waals surface area contributed by atoms with E-state index in [9.17, 15) is 4.79 Å². The van der Waals surface area contributed by atoms with Crippen LogP contribution in [0.1, 0.15) is 83.3 Å². The van der Waals surface area contributed by atoms with Gasteiger partial charge in [0.05, 0.1) is 0 Å². The first-order chi connectivity index (χ1) is 12.4. The van der Waals surface area contributed by atoms with Crippen molar-refractivity contribution in [3.8, 4) is 0 Å². The SMILES string of the molecule is CCC(C)(C)C1CCC(NC(=O)N2CCC(c3nc(C)no3)CC2)CC1. The predicted octanol–water partition coefficient (Wildman–Crippen LogP) is 4.26. The Morgan fingerprint density at radius 1 is 1.19 bits per heavy atom. The van der Waals surface area contributed by atoms with Crippen molar-refractivity contribution in [2.45, 2.75) is 84.6 Å². The molecule has 3 rings (SSSR count). The van der Waals surface area contributed by atoms with E-state index < -0.39 is 0 Å². The molecule has 0 bridgehead atoms. The van der Waals surface area contributed by atoms with Crippen LogP contribution in [0, 0.1) is 18.3 Å². The van der Waals surface area contributed by atoms with E-state index in [-0.39, 0.29) is 11.9 Å². The first-order valence-electron chi connectivity index (χ1n) is 10.2. The normalized spacial score (nSPS) is 25.3. The summed E-state index contributed by atoms with van der Waals surface area (Å²) < 4.78 is 5.29. The van der Waals surface area contributed by atoms with E-state index in [2.05, 4.69) is 36.2 Å². The summed E-state index contributed by atoms with van der Waals surface area (Å²) in [5.74, 6) is 2.47. The molecule has 0 spiro atoms. The minimum atomic E-state index is 0.100. The molecular formula is C20H34N4O2. The molecule has 146 valence electrons. The number of rotatable bonds is 4. The maximum absolute atomic E-state index is 12.6. The summed E-state index contributed by atoms with van der Waals surface area (Å²) in [5, 5.41) is 7.15. The summed E-state index contributed by atoms with van der Waals surface area (Å²) in [6.45, 7) is 10.4. The highest BCUT2D eigenvalue weighted by atomic mass is 16.5. The molecule has 1 aliphatic carbocycles. The third-order valence-electron chi connectivity index (χ3n) is 6.75. The number of aromatic nitrogens is 2. The quantitative estimate of drug-likeness (QED) is 0.868. The Kier molecular flexibility index (Phi) is 5.88. The Balaban J connectivity index is 1.42. The average Bonchev–Trinajstić information content (AvgIpc) is 3.08. The van der Waals surface area contributed by atoms with E-state index in [1.807, 2.05) is 11.8 Å². The first-order valence-corrected chi connectivity index (χ1v) is 10.2. The number of piperidine rings is 1. The Bertz CT molecular complexity index is 597. The Morgan fingerprint density at radius 3 is 2.38 bits per heavy atom. The molecule has 0 atom stereocenters. The molecule has 2 amide bonds. The topological polar surface area (TPSA) is 71.3 Å². The van der Waals surface area contributed by atoms with Gasteiger partial charge in [-0.3, -0.25) is 0 Å². The Labute approximate surface area is 157 Å². The maximum atomic E-state index is 12.6. The molecule has 2 heterocycles. The molecule has 0 radical (unpaired) electrons. The standard InChI is InChI=1S/C20H34N4O2/c1-5-20(3,4)16-6-8-17(9-7-16)22-19(25)24-12-10-15(11-13-24)18-21-14(2)23-26-18/h15-17H,5-13H2,1-4H3,(H,22,25). The van der Waals surface area contributed by atoms with Gasteiger partial charge in [0.15, 0.2) is 5.82 Å². The molecule has 1 saturated heterocycles. The van der Waals surface area contributed by atoms with Crippen LogP contribution in [-0.2, 0) is 0 Å². The van der Waals surface area contributed by atoms with Crippen molar-refractivity contribution in [3.05, 3.63) is 11.7 Å². The van der Waals surface area contributed by atoms with Gasteiger partial charge in [0.2, 0.25) is 5.89 Å². The number of carbonyl (C=O) groups is 1. The lowest BCUT2D eigenvalue weighted by Gasteiger charge is -2.39. The van der Waals surface area contributed by atoms with Gasteiger partial charge in [-0.2, -0.15) is 4.98 Å². The van der Waals surface area contributed by atoms with Crippen molar-refractivity contribution >= 4 is 6.03 Å². The van der Waals surface area contributed by atoms with Crippen LogP contribution in [0.25, 0.3) is 0 Å². The van der Waals surface area contributed by atoms with Crippen molar-refractivity contribution in [1.82, 2.24) is 20.4 Å². The number of nitrogens with one attached hydrogen (secondary N) is 1. The van der Waals surface area contributed by atoms with Crippen molar-refractivity contribution in [1.29, 1.82) is 0 Å². The number of amides is 2. The number of nitrogens with zero attached hydrogens (tertiary/aromatic N) is 3. The van der Waals surface area contributed by atoms with Crippen LogP contribution in [0.5, 0.6) is 0 Å². The summed E-state index contributed by atoms with van der Waals surface area (Å²) in [7, 11) is 0. The van der Waals surface area contributed by atoms with Crippen LogP contribution in [0.2, 0.25) is 0 Å². The van der Waals surface area contributed by atoms with Crippen LogP contribution < -0.4 is 5.32 Å². The molecule has 1 N–H and O–H groups in total. The second kappa shape index (κ2) is 7.97. The molecule has 6 nitrogen and oxygen atoms in total. The lowest BCUT2D eigenvalue weighted by atomic mass is 9.69. The number of hydrogen-bond acceptors (Lipinski definition) is 4. The lowest BCUT2D eigenvalue weighted by Crippen LogP contribution is -2.49. The van der Waals surface area contributed by atoms with Crippen LogP contribution in [0.3, 0.4) is 0 Å². The zero-order chi connectivity index (χ0) is 18.7. The minimum absolute atomic E-state index is 0.100. The van der Waals surface area contributed by atoms with Gasteiger partial charge in [0.25, 0.3) is 0 Å². The highest BCUT2D eigenvalue weighted by Crippen LogP contribution is 2.40. The van der Waals surface area contributed by atoms with Crippen LogP contribution in [0.4, 0.5) is 4.79 Å². The van der Waals surface area contributed by atoms with Gasteiger partial charge in [0, 0.05) is 25.0 Å². The lowest BCUT2D eigenvalue weighted by molar-refractivity contribution is 0.131. The molecule has 0 unspecified atom stereocenters. The summed E-state index contributed by atoms with van der Waals surface area (Å²) in [4.78, 5) is 18.9. The monoisotopic (exact) mass is 362 g/mol. The molecule has 1 aliphatic heterocycles. The van der Waals surface area contributed by atoms with E-state index in [4.69, 9.17) is 4.52 Å². The average molecular weight is 363 g/mol. The fourth-order valence-electron chi connectivity index (χ4n) is 4.38. The number of aryl methyl sites for hydroxylation is 1.